The Hall–Kier alpha value is -1.67. The Bertz CT molecular complexity index is 961. The van der Waals surface area contributed by atoms with Crippen LogP contribution < -0.4 is 4.90 Å². The number of halogens is 2. The van der Waals surface area contributed by atoms with Crippen LogP contribution in [0.25, 0.3) is 10.2 Å². The first-order chi connectivity index (χ1) is 14.0. The van der Waals surface area contributed by atoms with E-state index < -0.39 is 0 Å². The summed E-state index contributed by atoms with van der Waals surface area (Å²) in [5.74, 6) is -0.0444. The third-order valence-electron chi connectivity index (χ3n) is 4.81. The highest BCUT2D eigenvalue weighted by molar-refractivity contribution is 8.00. The number of benzene rings is 2. The van der Waals surface area contributed by atoms with Crippen molar-refractivity contribution in [3.05, 3.63) is 53.8 Å². The molecule has 0 saturated carbocycles. The number of carbonyl (C=O) groups is 1. The minimum absolute atomic E-state index is 0. The monoisotopic (exact) mass is 467 g/mol. The molecule has 0 aliphatic heterocycles. The lowest BCUT2D eigenvalue weighted by Crippen LogP contribution is -2.39. The molecule has 0 N–H and O–H groups in total. The first-order valence-corrected chi connectivity index (χ1v) is 11.6. The van der Waals surface area contributed by atoms with Gasteiger partial charge in [-0.25, -0.2) is 9.37 Å². The summed E-state index contributed by atoms with van der Waals surface area (Å²) in [5.41, 5.74) is 1.53. The smallest absolute Gasteiger partial charge is 0.239 e. The Balaban J connectivity index is 0.00000320. The number of thioether (sulfide) groups is 1. The first-order valence-electron chi connectivity index (χ1n) is 9.79. The second-order valence-electron chi connectivity index (χ2n) is 6.76. The van der Waals surface area contributed by atoms with Crippen molar-refractivity contribution in [3.8, 4) is 0 Å². The highest BCUT2D eigenvalue weighted by Crippen LogP contribution is 2.31. The summed E-state index contributed by atoms with van der Waals surface area (Å²) in [4.78, 5) is 22.6. The lowest BCUT2D eigenvalue weighted by atomic mass is 10.2. The van der Waals surface area contributed by atoms with E-state index in [1.54, 1.807) is 11.0 Å². The molecule has 1 amide bonds. The van der Waals surface area contributed by atoms with Gasteiger partial charge in [0.1, 0.15) is 11.3 Å². The van der Waals surface area contributed by atoms with Crippen molar-refractivity contribution in [2.75, 3.05) is 36.8 Å². The van der Waals surface area contributed by atoms with Crippen molar-refractivity contribution in [2.45, 2.75) is 25.7 Å². The Labute approximate surface area is 191 Å². The van der Waals surface area contributed by atoms with Crippen LogP contribution in [0, 0.1) is 12.7 Å². The van der Waals surface area contributed by atoms with E-state index in [0.29, 0.717) is 22.9 Å². The van der Waals surface area contributed by atoms with Crippen molar-refractivity contribution in [2.24, 2.45) is 0 Å². The molecule has 0 fully saturated rings. The van der Waals surface area contributed by atoms with Crippen molar-refractivity contribution in [1.29, 1.82) is 0 Å². The summed E-state index contributed by atoms with van der Waals surface area (Å²) in [7, 11) is 0. The number of fused-ring (bicyclic) bond motifs is 1. The molecule has 0 spiro atoms. The second kappa shape index (κ2) is 11.6. The second-order valence-corrected chi connectivity index (χ2v) is 8.81. The lowest BCUT2D eigenvalue weighted by Gasteiger charge is -2.24. The number of aromatic nitrogens is 1. The van der Waals surface area contributed by atoms with E-state index in [1.165, 1.54) is 34.7 Å². The molecular weight excluding hydrogens is 441 g/mol. The van der Waals surface area contributed by atoms with E-state index in [4.69, 9.17) is 0 Å². The predicted octanol–water partition coefficient (Wildman–Crippen LogP) is 5.63. The van der Waals surface area contributed by atoms with Crippen LogP contribution in [0.5, 0.6) is 0 Å². The zero-order valence-electron chi connectivity index (χ0n) is 17.4. The summed E-state index contributed by atoms with van der Waals surface area (Å²) in [6.07, 6.45) is 0. The molecule has 3 aromatic rings. The number of aryl methyl sites for hydroxylation is 1. The van der Waals surface area contributed by atoms with Gasteiger partial charge in [-0.1, -0.05) is 48.9 Å². The Morgan fingerprint density at radius 2 is 1.80 bits per heavy atom. The quantitative estimate of drug-likeness (QED) is 0.382. The van der Waals surface area contributed by atoms with Crippen LogP contribution in [0.3, 0.4) is 0 Å². The van der Waals surface area contributed by atoms with E-state index >= 15 is 0 Å². The fourth-order valence-electron chi connectivity index (χ4n) is 2.98. The summed E-state index contributed by atoms with van der Waals surface area (Å²) in [5, 5.41) is 0.562. The highest BCUT2D eigenvalue weighted by Gasteiger charge is 2.21. The maximum Gasteiger partial charge on any atom is 0.239 e. The highest BCUT2D eigenvalue weighted by atomic mass is 35.5. The molecule has 0 bridgehead atoms. The van der Waals surface area contributed by atoms with Crippen molar-refractivity contribution in [3.63, 3.8) is 0 Å². The van der Waals surface area contributed by atoms with Gasteiger partial charge in [-0.05, 0) is 44.3 Å². The van der Waals surface area contributed by atoms with Crippen molar-refractivity contribution in [1.82, 2.24) is 9.88 Å². The van der Waals surface area contributed by atoms with Crippen LogP contribution in [-0.2, 0) is 4.79 Å². The van der Waals surface area contributed by atoms with Crippen molar-refractivity contribution >= 4 is 56.8 Å². The van der Waals surface area contributed by atoms with Gasteiger partial charge in [0.2, 0.25) is 5.91 Å². The van der Waals surface area contributed by atoms with E-state index in [0.717, 1.165) is 29.2 Å². The average Bonchev–Trinajstić information content (AvgIpc) is 3.16. The van der Waals surface area contributed by atoms with Gasteiger partial charge in [-0.3, -0.25) is 9.69 Å². The number of amides is 1. The third kappa shape index (κ3) is 6.17. The standard InChI is InChI=1S/C22H26FN3OS2.ClH/c1-4-25(5-2)13-14-26(20(27)15-28-17-11-9-16(3)10-12-17)22-24-21-18(23)7-6-8-19(21)29-22;/h6-12H,4-5,13-15H2,1-3H3;1H. The number of hydrogen-bond acceptors (Lipinski definition) is 5. The first kappa shape index (κ1) is 24.6. The number of hydrogen-bond donors (Lipinski definition) is 0. The van der Waals surface area contributed by atoms with Gasteiger partial charge in [0, 0.05) is 18.0 Å². The summed E-state index contributed by atoms with van der Waals surface area (Å²) in [6.45, 7) is 9.39. The lowest BCUT2D eigenvalue weighted by molar-refractivity contribution is -0.116. The SMILES string of the molecule is CCN(CC)CCN(C(=O)CSc1ccc(C)cc1)c1nc2c(F)cccc2s1.Cl. The Kier molecular flexibility index (Phi) is 9.55. The zero-order valence-corrected chi connectivity index (χ0v) is 19.9. The molecular formula is C22H27ClFN3OS2. The van der Waals surface area contributed by atoms with Crippen LogP contribution in [-0.4, -0.2) is 47.7 Å². The van der Waals surface area contributed by atoms with Crippen molar-refractivity contribution < 1.29 is 9.18 Å². The van der Waals surface area contributed by atoms with Gasteiger partial charge < -0.3 is 4.90 Å². The van der Waals surface area contributed by atoms with E-state index in [-0.39, 0.29) is 24.1 Å². The number of carbonyl (C=O) groups excluding carboxylic acids is 1. The van der Waals surface area contributed by atoms with Gasteiger partial charge >= 0.3 is 0 Å². The molecule has 1 aromatic heterocycles. The molecule has 2 aromatic carbocycles. The fraction of sp³-hybridized carbons (Fsp3) is 0.364. The molecule has 30 heavy (non-hydrogen) atoms. The number of para-hydroxylation sites is 1. The van der Waals surface area contributed by atoms with Crippen LogP contribution in [0.1, 0.15) is 19.4 Å². The Morgan fingerprint density at radius 3 is 2.43 bits per heavy atom. The minimum Gasteiger partial charge on any atom is -0.302 e. The molecule has 0 aliphatic rings. The largest absolute Gasteiger partial charge is 0.302 e. The molecule has 0 aliphatic carbocycles. The molecule has 0 radical (unpaired) electrons. The molecule has 0 saturated heterocycles. The Morgan fingerprint density at radius 1 is 1.10 bits per heavy atom. The van der Waals surface area contributed by atoms with E-state index in [2.05, 4.69) is 23.7 Å². The van der Waals surface area contributed by atoms with Crippen LogP contribution in [0.15, 0.2) is 47.4 Å². The summed E-state index contributed by atoms with van der Waals surface area (Å²) < 4.78 is 14.9. The van der Waals surface area contributed by atoms with Gasteiger partial charge in [-0.15, -0.1) is 24.2 Å². The maximum atomic E-state index is 14.1. The third-order valence-corrected chi connectivity index (χ3v) is 6.85. The summed E-state index contributed by atoms with van der Waals surface area (Å²) >= 11 is 2.88. The number of rotatable bonds is 9. The topological polar surface area (TPSA) is 36.4 Å². The van der Waals surface area contributed by atoms with Crippen LogP contribution in [0.4, 0.5) is 9.52 Å². The number of nitrogens with zero attached hydrogens (tertiary/aromatic N) is 3. The van der Waals surface area contributed by atoms with Crippen LogP contribution in [0.2, 0.25) is 0 Å². The number of anilines is 1. The number of likely N-dealkylation sites (N-methyl/N-ethyl adjacent to an activating group) is 1. The maximum absolute atomic E-state index is 14.1. The summed E-state index contributed by atoms with van der Waals surface area (Å²) in [6, 6.07) is 13.1. The minimum atomic E-state index is -0.352. The molecule has 1 heterocycles. The predicted molar refractivity (Wildman–Crippen MR) is 129 cm³/mol. The zero-order chi connectivity index (χ0) is 20.8. The fourth-order valence-corrected chi connectivity index (χ4v) is 4.78. The van der Waals surface area contributed by atoms with E-state index in [1.807, 2.05) is 37.3 Å². The molecule has 0 atom stereocenters. The molecule has 8 heteroatoms. The van der Waals surface area contributed by atoms with Gasteiger partial charge in [-0.2, -0.15) is 0 Å². The van der Waals surface area contributed by atoms with Gasteiger partial charge in [0.25, 0.3) is 0 Å². The molecule has 0 unspecified atom stereocenters. The molecule has 3 rings (SSSR count). The average molecular weight is 468 g/mol. The van der Waals surface area contributed by atoms with Gasteiger partial charge in [0.15, 0.2) is 5.13 Å². The molecule has 162 valence electrons. The number of thiazole rings is 1. The normalized spacial score (nSPS) is 11.0. The van der Waals surface area contributed by atoms with E-state index in [9.17, 15) is 9.18 Å². The van der Waals surface area contributed by atoms with Gasteiger partial charge in [0.05, 0.1) is 10.5 Å². The molecule has 4 nitrogen and oxygen atoms in total. The van der Waals surface area contributed by atoms with Crippen LogP contribution >= 0.6 is 35.5 Å².